The van der Waals surface area contributed by atoms with Crippen molar-refractivity contribution in [3.8, 4) is 0 Å². The minimum Gasteiger partial charge on any atom is -0.359 e. The third kappa shape index (κ3) is 13.4. The highest BCUT2D eigenvalue weighted by Crippen LogP contribution is 2.04. The normalized spacial score (nSPS) is 10.6. The highest BCUT2D eigenvalue weighted by Gasteiger charge is 1.93. The van der Waals surface area contributed by atoms with Gasteiger partial charge in [0.1, 0.15) is 0 Å². The van der Waals surface area contributed by atoms with Crippen LogP contribution in [0.1, 0.15) is 52.4 Å². The van der Waals surface area contributed by atoms with E-state index in [0.717, 1.165) is 25.9 Å². The largest absolute Gasteiger partial charge is 0.359 e. The maximum absolute atomic E-state index is 9.95. The van der Waals surface area contributed by atoms with Gasteiger partial charge in [-0.3, -0.25) is 4.79 Å². The monoisotopic (exact) mass is 214 g/mol. The summed E-state index contributed by atoms with van der Waals surface area (Å²) in [5.74, 6) is 0. The lowest BCUT2D eigenvalue weighted by atomic mass is 10.1. The second-order valence-electron chi connectivity index (χ2n) is 4.30. The third-order valence-corrected chi connectivity index (χ3v) is 2.38. The molecule has 1 amide bonds. The second kappa shape index (κ2) is 11.5. The van der Waals surface area contributed by atoms with Crippen LogP contribution in [0.3, 0.4) is 0 Å². The van der Waals surface area contributed by atoms with Crippen molar-refractivity contribution in [3.05, 3.63) is 0 Å². The van der Waals surface area contributed by atoms with Gasteiger partial charge in [-0.15, -0.1) is 0 Å². The van der Waals surface area contributed by atoms with Crippen molar-refractivity contribution in [1.82, 2.24) is 10.6 Å². The quantitative estimate of drug-likeness (QED) is 0.408. The Hall–Kier alpha value is -0.570. The Labute approximate surface area is 94.0 Å². The SMILES string of the molecule is CC(C)NCCCCCCCCNC=O. The summed E-state index contributed by atoms with van der Waals surface area (Å²) in [5.41, 5.74) is 0. The van der Waals surface area contributed by atoms with Crippen molar-refractivity contribution in [1.29, 1.82) is 0 Å². The molecule has 0 rings (SSSR count). The summed E-state index contributed by atoms with van der Waals surface area (Å²) in [5, 5.41) is 6.10. The number of rotatable bonds is 11. The van der Waals surface area contributed by atoms with E-state index in [9.17, 15) is 4.79 Å². The fourth-order valence-corrected chi connectivity index (χ4v) is 1.51. The van der Waals surface area contributed by atoms with E-state index in [2.05, 4.69) is 24.5 Å². The van der Waals surface area contributed by atoms with Crippen molar-refractivity contribution < 1.29 is 4.79 Å². The van der Waals surface area contributed by atoms with Crippen LogP contribution in [0.25, 0.3) is 0 Å². The molecule has 0 aliphatic rings. The van der Waals surface area contributed by atoms with Crippen molar-refractivity contribution in [3.63, 3.8) is 0 Å². The standard InChI is InChI=1S/C12H26N2O/c1-12(2)14-10-8-6-4-3-5-7-9-13-11-15/h11-12,14H,3-10H2,1-2H3,(H,13,15). The first-order chi connectivity index (χ1) is 7.27. The Morgan fingerprint density at radius 2 is 1.47 bits per heavy atom. The van der Waals surface area contributed by atoms with Gasteiger partial charge >= 0.3 is 0 Å². The Morgan fingerprint density at radius 1 is 0.933 bits per heavy atom. The number of nitrogens with one attached hydrogen (secondary N) is 2. The van der Waals surface area contributed by atoms with E-state index in [0.29, 0.717) is 6.04 Å². The zero-order valence-electron chi connectivity index (χ0n) is 10.2. The molecule has 0 bridgehead atoms. The van der Waals surface area contributed by atoms with Crippen LogP contribution in [0.5, 0.6) is 0 Å². The lowest BCUT2D eigenvalue weighted by Gasteiger charge is -2.07. The van der Waals surface area contributed by atoms with E-state index < -0.39 is 0 Å². The minimum absolute atomic E-state index is 0.611. The number of carbonyl (C=O) groups is 1. The van der Waals surface area contributed by atoms with Gasteiger partial charge in [-0.25, -0.2) is 0 Å². The molecule has 0 saturated carbocycles. The molecule has 2 N–H and O–H groups in total. The van der Waals surface area contributed by atoms with Crippen LogP contribution in [-0.4, -0.2) is 25.5 Å². The van der Waals surface area contributed by atoms with Gasteiger partial charge < -0.3 is 10.6 Å². The van der Waals surface area contributed by atoms with Gasteiger partial charge in [0.15, 0.2) is 0 Å². The average Bonchev–Trinajstić information content (AvgIpc) is 2.20. The molecule has 0 heterocycles. The van der Waals surface area contributed by atoms with Crippen molar-refractivity contribution in [2.45, 2.75) is 58.4 Å². The van der Waals surface area contributed by atoms with Gasteiger partial charge in [-0.05, 0) is 19.4 Å². The maximum Gasteiger partial charge on any atom is 0.207 e. The smallest absolute Gasteiger partial charge is 0.207 e. The van der Waals surface area contributed by atoms with Crippen LogP contribution in [-0.2, 0) is 4.79 Å². The summed E-state index contributed by atoms with van der Waals surface area (Å²) >= 11 is 0. The van der Waals surface area contributed by atoms with Gasteiger partial charge in [-0.1, -0.05) is 39.5 Å². The summed E-state index contributed by atoms with van der Waals surface area (Å²) < 4.78 is 0. The van der Waals surface area contributed by atoms with Gasteiger partial charge in [0, 0.05) is 12.6 Å². The Kier molecular flexibility index (Phi) is 11.1. The zero-order valence-corrected chi connectivity index (χ0v) is 10.2. The molecule has 0 aliphatic heterocycles. The third-order valence-electron chi connectivity index (χ3n) is 2.38. The first-order valence-corrected chi connectivity index (χ1v) is 6.17. The summed E-state index contributed by atoms with van der Waals surface area (Å²) in [6.07, 6.45) is 8.34. The first kappa shape index (κ1) is 14.4. The first-order valence-electron chi connectivity index (χ1n) is 6.17. The highest BCUT2D eigenvalue weighted by atomic mass is 16.1. The molecule has 0 saturated heterocycles. The number of carbonyl (C=O) groups excluding carboxylic acids is 1. The van der Waals surface area contributed by atoms with Crippen molar-refractivity contribution >= 4 is 6.41 Å². The molecule has 3 nitrogen and oxygen atoms in total. The van der Waals surface area contributed by atoms with Gasteiger partial charge in [0.25, 0.3) is 0 Å². The summed E-state index contributed by atoms with van der Waals surface area (Å²) in [6, 6.07) is 0.611. The number of hydrogen-bond acceptors (Lipinski definition) is 2. The van der Waals surface area contributed by atoms with Crippen molar-refractivity contribution in [2.75, 3.05) is 13.1 Å². The molecule has 0 atom stereocenters. The van der Waals surface area contributed by atoms with Crippen LogP contribution >= 0.6 is 0 Å². The van der Waals surface area contributed by atoms with Crippen LogP contribution < -0.4 is 10.6 Å². The van der Waals surface area contributed by atoms with E-state index in [4.69, 9.17) is 0 Å². The van der Waals surface area contributed by atoms with E-state index >= 15 is 0 Å². The Bertz CT molecular complexity index is 138. The lowest BCUT2D eigenvalue weighted by Crippen LogP contribution is -2.23. The molecule has 0 aromatic rings. The predicted octanol–water partition coefficient (Wildman–Crippen LogP) is 2.07. The molecule has 0 aliphatic carbocycles. The van der Waals surface area contributed by atoms with Crippen molar-refractivity contribution in [2.24, 2.45) is 0 Å². The topological polar surface area (TPSA) is 41.1 Å². The number of unbranched alkanes of at least 4 members (excludes halogenated alkanes) is 5. The molecule has 0 aromatic heterocycles. The van der Waals surface area contributed by atoms with Crippen LogP contribution in [0.2, 0.25) is 0 Å². The van der Waals surface area contributed by atoms with Crippen LogP contribution in [0.15, 0.2) is 0 Å². The molecule has 90 valence electrons. The molecular weight excluding hydrogens is 188 g/mol. The van der Waals surface area contributed by atoms with E-state index in [1.165, 1.54) is 32.1 Å². The highest BCUT2D eigenvalue weighted by molar-refractivity contribution is 5.45. The predicted molar refractivity (Wildman–Crippen MR) is 64.9 cm³/mol. The molecule has 0 aromatic carbocycles. The van der Waals surface area contributed by atoms with E-state index in [-0.39, 0.29) is 0 Å². The molecular formula is C12H26N2O. The molecule has 0 unspecified atom stereocenters. The van der Waals surface area contributed by atoms with Crippen LogP contribution in [0.4, 0.5) is 0 Å². The fraction of sp³-hybridized carbons (Fsp3) is 0.917. The Balaban J connectivity index is 2.89. The fourth-order valence-electron chi connectivity index (χ4n) is 1.51. The number of hydrogen-bond donors (Lipinski definition) is 2. The summed E-state index contributed by atoms with van der Waals surface area (Å²) in [7, 11) is 0. The molecule has 3 heteroatoms. The lowest BCUT2D eigenvalue weighted by molar-refractivity contribution is -0.109. The Morgan fingerprint density at radius 3 is 2.00 bits per heavy atom. The zero-order chi connectivity index (χ0) is 11.4. The second-order valence-corrected chi connectivity index (χ2v) is 4.30. The number of amides is 1. The minimum atomic E-state index is 0.611. The molecule has 0 fully saturated rings. The van der Waals surface area contributed by atoms with E-state index in [1.807, 2.05) is 0 Å². The molecule has 0 radical (unpaired) electrons. The van der Waals surface area contributed by atoms with E-state index in [1.54, 1.807) is 0 Å². The summed E-state index contributed by atoms with van der Waals surface area (Å²) in [6.45, 7) is 6.34. The summed E-state index contributed by atoms with van der Waals surface area (Å²) in [4.78, 5) is 9.95. The van der Waals surface area contributed by atoms with Gasteiger partial charge in [-0.2, -0.15) is 0 Å². The maximum atomic E-state index is 9.95. The van der Waals surface area contributed by atoms with Gasteiger partial charge in [0.2, 0.25) is 6.41 Å². The average molecular weight is 214 g/mol. The van der Waals surface area contributed by atoms with Gasteiger partial charge in [0.05, 0.1) is 0 Å². The molecule has 0 spiro atoms. The van der Waals surface area contributed by atoms with Crippen LogP contribution in [0, 0.1) is 0 Å². The molecule has 15 heavy (non-hydrogen) atoms.